The zero-order valence-electron chi connectivity index (χ0n) is 8.49. The van der Waals surface area contributed by atoms with E-state index in [1.807, 2.05) is 12.4 Å². The fraction of sp³-hybridized carbons (Fsp3) is 0.875. The third-order valence-corrected chi connectivity index (χ3v) is 1.42. The molecule has 90 valence electrons. The first-order valence-electron chi connectivity index (χ1n) is 4.64. The van der Waals surface area contributed by atoms with E-state index in [4.69, 9.17) is 0 Å². The minimum absolute atomic E-state index is 0.278. The van der Waals surface area contributed by atoms with Crippen LogP contribution in [0.3, 0.4) is 0 Å². The van der Waals surface area contributed by atoms with Gasteiger partial charge in [0.2, 0.25) is 5.91 Å². The molecule has 0 spiro atoms. The van der Waals surface area contributed by atoms with Gasteiger partial charge in [-0.2, -0.15) is 18.7 Å². The van der Waals surface area contributed by atoms with E-state index in [2.05, 4.69) is 10.2 Å². The number of carbonyl (C=O) groups excluding carboxylic acids is 1. The molecule has 0 aliphatic rings. The molecular weight excluding hydrogens is 213 g/mol. The van der Waals surface area contributed by atoms with Gasteiger partial charge in [0.05, 0.1) is 6.54 Å². The van der Waals surface area contributed by atoms with E-state index in [1.165, 1.54) is 0 Å². The molecule has 0 fully saturated rings. The van der Waals surface area contributed by atoms with E-state index in [1.54, 1.807) is 0 Å². The molecule has 0 aromatic heterocycles. The summed E-state index contributed by atoms with van der Waals surface area (Å²) in [6.45, 7) is 0.808. The van der Waals surface area contributed by atoms with Gasteiger partial charge in [0.1, 0.15) is 0 Å². The van der Waals surface area contributed by atoms with Crippen LogP contribution in [-0.4, -0.2) is 31.8 Å². The van der Waals surface area contributed by atoms with Gasteiger partial charge in [-0.25, -0.2) is 0 Å². The number of hydrogen-bond acceptors (Lipinski definition) is 3. The van der Waals surface area contributed by atoms with Crippen molar-refractivity contribution in [1.29, 1.82) is 0 Å². The van der Waals surface area contributed by atoms with E-state index >= 15 is 0 Å². The Morgan fingerprint density at radius 2 is 2.07 bits per heavy atom. The SMILES string of the molecule is CCCCNC(=O)CNOCC(F)(F)F. The maximum atomic E-state index is 11.6. The van der Waals surface area contributed by atoms with Gasteiger partial charge in [-0.05, 0) is 6.42 Å². The third kappa shape index (κ3) is 11.1. The van der Waals surface area contributed by atoms with Gasteiger partial charge in [-0.1, -0.05) is 13.3 Å². The number of halogens is 3. The second-order valence-electron chi connectivity index (χ2n) is 2.93. The Kier molecular flexibility index (Phi) is 7.06. The van der Waals surface area contributed by atoms with Gasteiger partial charge < -0.3 is 5.32 Å². The zero-order valence-corrected chi connectivity index (χ0v) is 8.49. The van der Waals surface area contributed by atoms with Crippen molar-refractivity contribution in [2.24, 2.45) is 0 Å². The summed E-state index contributed by atoms with van der Waals surface area (Å²) in [4.78, 5) is 14.9. The van der Waals surface area contributed by atoms with Crippen molar-refractivity contribution >= 4 is 5.91 Å². The van der Waals surface area contributed by atoms with Crippen molar-refractivity contribution < 1.29 is 22.8 Å². The number of amides is 1. The summed E-state index contributed by atoms with van der Waals surface area (Å²) >= 11 is 0. The molecule has 7 heteroatoms. The normalized spacial score (nSPS) is 11.5. The Bertz CT molecular complexity index is 185. The first-order chi connectivity index (χ1) is 6.95. The minimum Gasteiger partial charge on any atom is -0.355 e. The van der Waals surface area contributed by atoms with E-state index in [0.29, 0.717) is 6.54 Å². The molecule has 0 unspecified atom stereocenters. The summed E-state index contributed by atoms with van der Waals surface area (Å²) in [6.07, 6.45) is -2.60. The van der Waals surface area contributed by atoms with Crippen LogP contribution >= 0.6 is 0 Å². The largest absolute Gasteiger partial charge is 0.413 e. The maximum Gasteiger partial charge on any atom is 0.413 e. The van der Waals surface area contributed by atoms with E-state index in [-0.39, 0.29) is 12.5 Å². The first-order valence-corrected chi connectivity index (χ1v) is 4.64. The molecule has 0 aromatic rings. The lowest BCUT2D eigenvalue weighted by Crippen LogP contribution is -2.36. The molecule has 2 N–H and O–H groups in total. The van der Waals surface area contributed by atoms with Gasteiger partial charge in [0.15, 0.2) is 6.61 Å². The molecule has 0 saturated heterocycles. The quantitative estimate of drug-likeness (QED) is 0.504. The lowest BCUT2D eigenvalue weighted by Gasteiger charge is -2.08. The highest BCUT2D eigenvalue weighted by Crippen LogP contribution is 2.13. The maximum absolute atomic E-state index is 11.6. The molecule has 0 bridgehead atoms. The van der Waals surface area contributed by atoms with E-state index in [0.717, 1.165) is 12.8 Å². The molecule has 4 nitrogen and oxygen atoms in total. The fourth-order valence-electron chi connectivity index (χ4n) is 0.717. The molecule has 15 heavy (non-hydrogen) atoms. The van der Waals surface area contributed by atoms with Crippen LogP contribution in [0.25, 0.3) is 0 Å². The zero-order chi connectivity index (χ0) is 11.7. The highest BCUT2D eigenvalue weighted by molar-refractivity contribution is 5.77. The molecule has 0 rings (SSSR count). The van der Waals surface area contributed by atoms with Crippen LogP contribution in [0.1, 0.15) is 19.8 Å². The van der Waals surface area contributed by atoms with Crippen LogP contribution in [-0.2, 0) is 9.63 Å². The molecule has 0 aromatic carbocycles. The lowest BCUT2D eigenvalue weighted by molar-refractivity contribution is -0.189. The Hall–Kier alpha value is -0.820. The van der Waals surface area contributed by atoms with Crippen LogP contribution in [0, 0.1) is 0 Å². The Labute approximate surface area is 86.1 Å². The Balaban J connectivity index is 3.32. The molecular formula is C8H15F3N2O2. The van der Waals surface area contributed by atoms with Gasteiger partial charge in [0.25, 0.3) is 0 Å². The van der Waals surface area contributed by atoms with Crippen molar-refractivity contribution in [1.82, 2.24) is 10.8 Å². The van der Waals surface area contributed by atoms with Crippen molar-refractivity contribution in [3.05, 3.63) is 0 Å². The van der Waals surface area contributed by atoms with E-state index in [9.17, 15) is 18.0 Å². The van der Waals surface area contributed by atoms with Crippen LogP contribution in [0.15, 0.2) is 0 Å². The number of alkyl halides is 3. The average molecular weight is 228 g/mol. The second-order valence-corrected chi connectivity index (χ2v) is 2.93. The van der Waals surface area contributed by atoms with Crippen molar-refractivity contribution in [2.45, 2.75) is 25.9 Å². The van der Waals surface area contributed by atoms with Gasteiger partial charge in [-0.3, -0.25) is 9.63 Å². The van der Waals surface area contributed by atoms with Crippen molar-refractivity contribution in [3.63, 3.8) is 0 Å². The van der Waals surface area contributed by atoms with Crippen LogP contribution in [0.4, 0.5) is 13.2 Å². The van der Waals surface area contributed by atoms with Gasteiger partial charge >= 0.3 is 6.18 Å². The summed E-state index contributed by atoms with van der Waals surface area (Å²) in [5.74, 6) is -0.384. The molecule has 1 amide bonds. The van der Waals surface area contributed by atoms with Crippen molar-refractivity contribution in [2.75, 3.05) is 19.7 Å². The number of unbranched alkanes of at least 4 members (excludes halogenated alkanes) is 1. The minimum atomic E-state index is -4.38. The lowest BCUT2D eigenvalue weighted by atomic mass is 10.3. The third-order valence-electron chi connectivity index (χ3n) is 1.42. The number of rotatable bonds is 7. The molecule has 0 saturated carbocycles. The summed E-state index contributed by atoms with van der Waals surface area (Å²) in [6, 6.07) is 0. The molecule has 0 aliphatic heterocycles. The summed E-state index contributed by atoms with van der Waals surface area (Å²) in [5, 5.41) is 2.52. The summed E-state index contributed by atoms with van der Waals surface area (Å²) < 4.78 is 34.7. The molecule has 0 radical (unpaired) electrons. The highest BCUT2D eigenvalue weighted by Gasteiger charge is 2.27. The standard InChI is InChI=1S/C8H15F3N2O2/c1-2-3-4-12-7(14)5-13-15-6-8(9,10)11/h13H,2-6H2,1H3,(H,12,14). The van der Waals surface area contributed by atoms with Gasteiger partial charge in [-0.15, -0.1) is 0 Å². The fourth-order valence-corrected chi connectivity index (χ4v) is 0.717. The van der Waals surface area contributed by atoms with Gasteiger partial charge in [0, 0.05) is 6.54 Å². The Morgan fingerprint density at radius 3 is 2.60 bits per heavy atom. The molecule has 0 aliphatic carbocycles. The van der Waals surface area contributed by atoms with E-state index < -0.39 is 12.8 Å². The van der Waals surface area contributed by atoms with Crippen LogP contribution in [0.2, 0.25) is 0 Å². The number of nitrogens with one attached hydrogen (secondary N) is 2. The first kappa shape index (κ1) is 14.2. The monoisotopic (exact) mass is 228 g/mol. The topological polar surface area (TPSA) is 50.4 Å². The summed E-state index contributed by atoms with van der Waals surface area (Å²) in [7, 11) is 0. The number of hydrogen-bond donors (Lipinski definition) is 2. The number of hydroxylamine groups is 1. The summed E-state index contributed by atoms with van der Waals surface area (Å²) in [5.41, 5.74) is 1.94. The predicted molar refractivity (Wildman–Crippen MR) is 47.9 cm³/mol. The predicted octanol–water partition coefficient (Wildman–Crippen LogP) is 0.986. The number of carbonyl (C=O) groups is 1. The second kappa shape index (κ2) is 7.47. The molecule has 0 atom stereocenters. The smallest absolute Gasteiger partial charge is 0.355 e. The van der Waals surface area contributed by atoms with Crippen LogP contribution in [0.5, 0.6) is 0 Å². The average Bonchev–Trinajstić information content (AvgIpc) is 2.11. The highest BCUT2D eigenvalue weighted by atomic mass is 19.4. The van der Waals surface area contributed by atoms with Crippen LogP contribution < -0.4 is 10.8 Å². The van der Waals surface area contributed by atoms with Crippen molar-refractivity contribution in [3.8, 4) is 0 Å². The Morgan fingerprint density at radius 1 is 1.40 bits per heavy atom. The molecule has 0 heterocycles.